The number of aliphatic imine (C=N–C) groups is 1. The van der Waals surface area contributed by atoms with E-state index in [-0.39, 0.29) is 0 Å². The van der Waals surface area contributed by atoms with Gasteiger partial charge in [0.25, 0.3) is 0 Å². The Morgan fingerprint density at radius 2 is 2.09 bits per heavy atom. The van der Waals surface area contributed by atoms with E-state index in [4.69, 9.17) is 0 Å². The van der Waals surface area contributed by atoms with Gasteiger partial charge >= 0.3 is 0 Å². The minimum absolute atomic E-state index is 1.01. The molecule has 0 fully saturated rings. The SMILES string of the molecule is CCNC1=NCCCCCC1. The summed E-state index contributed by atoms with van der Waals surface area (Å²) in [6.45, 7) is 4.17. The maximum atomic E-state index is 4.48. The molecule has 0 amide bonds. The molecule has 0 aromatic heterocycles. The summed E-state index contributed by atoms with van der Waals surface area (Å²) >= 11 is 0. The molecule has 64 valence electrons. The Balaban J connectivity index is 2.32. The van der Waals surface area contributed by atoms with Crippen LogP contribution in [-0.2, 0) is 0 Å². The average Bonchev–Trinajstić information content (AvgIpc) is 1.94. The molecule has 0 saturated heterocycles. The molecular weight excluding hydrogens is 136 g/mol. The van der Waals surface area contributed by atoms with E-state index in [0.29, 0.717) is 0 Å². The van der Waals surface area contributed by atoms with Crippen molar-refractivity contribution in [2.24, 2.45) is 4.99 Å². The molecule has 0 saturated carbocycles. The lowest BCUT2D eigenvalue weighted by molar-refractivity contribution is 0.635. The molecule has 0 spiro atoms. The van der Waals surface area contributed by atoms with Crippen LogP contribution < -0.4 is 5.32 Å². The summed E-state index contributed by atoms with van der Waals surface area (Å²) in [5.74, 6) is 1.23. The van der Waals surface area contributed by atoms with Crippen molar-refractivity contribution in [2.75, 3.05) is 13.1 Å². The maximum Gasteiger partial charge on any atom is 0.0962 e. The number of nitrogens with zero attached hydrogens (tertiary/aromatic N) is 1. The smallest absolute Gasteiger partial charge is 0.0962 e. The van der Waals surface area contributed by atoms with Crippen LogP contribution in [0, 0.1) is 0 Å². The van der Waals surface area contributed by atoms with Crippen molar-refractivity contribution in [1.29, 1.82) is 0 Å². The molecule has 0 unspecified atom stereocenters. The lowest BCUT2D eigenvalue weighted by Crippen LogP contribution is -2.23. The van der Waals surface area contributed by atoms with Gasteiger partial charge < -0.3 is 5.32 Å². The van der Waals surface area contributed by atoms with Crippen molar-refractivity contribution in [2.45, 2.75) is 39.0 Å². The first kappa shape index (κ1) is 8.57. The van der Waals surface area contributed by atoms with Gasteiger partial charge in [0.1, 0.15) is 0 Å². The number of rotatable bonds is 1. The summed E-state index contributed by atoms with van der Waals surface area (Å²) in [7, 11) is 0. The van der Waals surface area contributed by atoms with Crippen molar-refractivity contribution < 1.29 is 0 Å². The number of nitrogens with one attached hydrogen (secondary N) is 1. The summed E-state index contributed by atoms with van der Waals surface area (Å²) in [5.41, 5.74) is 0. The highest BCUT2D eigenvalue weighted by atomic mass is 15.0. The van der Waals surface area contributed by atoms with Gasteiger partial charge in [-0.3, -0.25) is 4.99 Å². The second kappa shape index (κ2) is 5.16. The van der Waals surface area contributed by atoms with Crippen LogP contribution >= 0.6 is 0 Å². The highest BCUT2D eigenvalue weighted by Gasteiger charge is 2.00. The quantitative estimate of drug-likeness (QED) is 0.613. The summed E-state index contributed by atoms with van der Waals surface area (Å²) < 4.78 is 0. The fourth-order valence-corrected chi connectivity index (χ4v) is 1.40. The van der Waals surface area contributed by atoms with Crippen LogP contribution in [-0.4, -0.2) is 18.9 Å². The highest BCUT2D eigenvalue weighted by molar-refractivity contribution is 5.82. The van der Waals surface area contributed by atoms with E-state index in [9.17, 15) is 0 Å². The monoisotopic (exact) mass is 154 g/mol. The first-order valence-electron chi connectivity index (χ1n) is 4.70. The second-order valence-corrected chi connectivity index (χ2v) is 3.02. The molecule has 1 heterocycles. The zero-order valence-electron chi connectivity index (χ0n) is 7.40. The van der Waals surface area contributed by atoms with Gasteiger partial charge in [-0.1, -0.05) is 12.8 Å². The van der Waals surface area contributed by atoms with Crippen molar-refractivity contribution >= 4 is 5.84 Å². The second-order valence-electron chi connectivity index (χ2n) is 3.02. The van der Waals surface area contributed by atoms with E-state index in [1.54, 1.807) is 0 Å². The summed E-state index contributed by atoms with van der Waals surface area (Å²) in [6, 6.07) is 0. The molecule has 0 atom stereocenters. The van der Waals surface area contributed by atoms with Crippen molar-refractivity contribution in [1.82, 2.24) is 5.32 Å². The maximum absolute atomic E-state index is 4.48. The Morgan fingerprint density at radius 1 is 1.27 bits per heavy atom. The molecule has 1 aliphatic heterocycles. The highest BCUT2D eigenvalue weighted by Crippen LogP contribution is 2.07. The minimum atomic E-state index is 1.01. The molecule has 1 aliphatic rings. The van der Waals surface area contributed by atoms with Crippen LogP contribution in [0.25, 0.3) is 0 Å². The van der Waals surface area contributed by atoms with Gasteiger partial charge in [0.05, 0.1) is 5.84 Å². The molecule has 2 heteroatoms. The topological polar surface area (TPSA) is 24.4 Å². The van der Waals surface area contributed by atoms with Gasteiger partial charge in [0.2, 0.25) is 0 Å². The number of hydrogen-bond acceptors (Lipinski definition) is 2. The van der Waals surface area contributed by atoms with Gasteiger partial charge in [-0.15, -0.1) is 0 Å². The van der Waals surface area contributed by atoms with Gasteiger partial charge in [-0.05, 0) is 19.8 Å². The fourth-order valence-electron chi connectivity index (χ4n) is 1.40. The Kier molecular flexibility index (Phi) is 4.02. The van der Waals surface area contributed by atoms with Crippen LogP contribution in [0.1, 0.15) is 39.0 Å². The fraction of sp³-hybridized carbons (Fsp3) is 0.889. The third-order valence-electron chi connectivity index (χ3n) is 2.01. The molecule has 1 rings (SSSR count). The normalized spacial score (nSPS) is 19.9. The molecule has 2 nitrogen and oxygen atoms in total. The van der Waals surface area contributed by atoms with E-state index < -0.39 is 0 Å². The van der Waals surface area contributed by atoms with Crippen LogP contribution in [0.15, 0.2) is 4.99 Å². The predicted octanol–water partition coefficient (Wildman–Crippen LogP) is 1.96. The van der Waals surface area contributed by atoms with Gasteiger partial charge in [-0.25, -0.2) is 0 Å². The van der Waals surface area contributed by atoms with Crippen molar-refractivity contribution in [3.8, 4) is 0 Å². The zero-order valence-corrected chi connectivity index (χ0v) is 7.40. The van der Waals surface area contributed by atoms with Gasteiger partial charge in [0.15, 0.2) is 0 Å². The minimum Gasteiger partial charge on any atom is -0.374 e. The third kappa shape index (κ3) is 3.40. The lowest BCUT2D eigenvalue weighted by atomic mass is 10.1. The Hall–Kier alpha value is -0.530. The van der Waals surface area contributed by atoms with Gasteiger partial charge in [-0.2, -0.15) is 0 Å². The van der Waals surface area contributed by atoms with E-state index in [2.05, 4.69) is 17.2 Å². The van der Waals surface area contributed by atoms with Gasteiger partial charge in [0, 0.05) is 19.5 Å². The molecule has 0 aromatic carbocycles. The molecular formula is C9H18N2. The Morgan fingerprint density at radius 3 is 2.91 bits per heavy atom. The average molecular weight is 154 g/mol. The zero-order chi connectivity index (χ0) is 7.94. The summed E-state index contributed by atoms with van der Waals surface area (Å²) in [6.07, 6.45) is 6.49. The molecule has 1 N–H and O–H groups in total. The molecule has 0 aromatic rings. The molecule has 11 heavy (non-hydrogen) atoms. The lowest BCUT2D eigenvalue weighted by Gasteiger charge is -2.10. The predicted molar refractivity (Wildman–Crippen MR) is 49.1 cm³/mol. The Bertz CT molecular complexity index is 130. The Labute approximate surface area is 69.1 Å². The van der Waals surface area contributed by atoms with E-state index in [1.165, 1.54) is 31.5 Å². The van der Waals surface area contributed by atoms with E-state index in [0.717, 1.165) is 19.5 Å². The summed E-state index contributed by atoms with van der Waals surface area (Å²) in [5, 5.41) is 3.30. The number of amidine groups is 1. The largest absolute Gasteiger partial charge is 0.374 e. The molecule has 0 aliphatic carbocycles. The van der Waals surface area contributed by atoms with Crippen LogP contribution in [0.4, 0.5) is 0 Å². The van der Waals surface area contributed by atoms with E-state index in [1.807, 2.05) is 0 Å². The number of hydrogen-bond donors (Lipinski definition) is 1. The summed E-state index contributed by atoms with van der Waals surface area (Å²) in [4.78, 5) is 4.48. The van der Waals surface area contributed by atoms with Crippen LogP contribution in [0.2, 0.25) is 0 Å². The van der Waals surface area contributed by atoms with Crippen LogP contribution in [0.3, 0.4) is 0 Å². The molecule has 0 bridgehead atoms. The van der Waals surface area contributed by atoms with Crippen molar-refractivity contribution in [3.63, 3.8) is 0 Å². The first-order valence-corrected chi connectivity index (χ1v) is 4.70. The van der Waals surface area contributed by atoms with Crippen LogP contribution in [0.5, 0.6) is 0 Å². The van der Waals surface area contributed by atoms with E-state index >= 15 is 0 Å². The van der Waals surface area contributed by atoms with Crippen molar-refractivity contribution in [3.05, 3.63) is 0 Å². The first-order chi connectivity index (χ1) is 5.43. The third-order valence-corrected chi connectivity index (χ3v) is 2.01. The molecule has 0 radical (unpaired) electrons. The standard InChI is InChI=1S/C9H18N2/c1-2-10-9-7-5-3-4-6-8-11-9/h2-8H2,1H3,(H,10,11).